The Hall–Kier alpha value is -2.00. The van der Waals surface area contributed by atoms with Gasteiger partial charge in [0.05, 0.1) is 15.3 Å². The van der Waals surface area contributed by atoms with E-state index in [1.165, 1.54) is 23.5 Å². The first-order chi connectivity index (χ1) is 13.8. The summed E-state index contributed by atoms with van der Waals surface area (Å²) in [4.78, 5) is 29.6. The van der Waals surface area contributed by atoms with Gasteiger partial charge in [0.25, 0.3) is 11.8 Å². The maximum Gasteiger partial charge on any atom is 0.416 e. The number of thiophene rings is 1. The molecule has 4 nitrogen and oxygen atoms in total. The molecule has 0 aliphatic carbocycles. The lowest BCUT2D eigenvalue weighted by Gasteiger charge is -2.44. The first-order valence-electron chi connectivity index (χ1n) is 9.26. The van der Waals surface area contributed by atoms with Crippen LogP contribution in [0.5, 0.6) is 0 Å². The third-order valence-corrected chi connectivity index (χ3v) is 7.86. The van der Waals surface area contributed by atoms with Gasteiger partial charge in [-0.2, -0.15) is 13.2 Å². The van der Waals surface area contributed by atoms with Crippen molar-refractivity contribution in [2.75, 3.05) is 25.4 Å². The number of hydrogen-bond donors (Lipinski definition) is 0. The van der Waals surface area contributed by atoms with E-state index in [1.54, 1.807) is 16.7 Å². The SMILES string of the molecule is O=C(c1ccc(C(F)(F)F)cc1)N1CCC2(CC1)SCCN2C(=O)c1cccs1. The quantitative estimate of drug-likeness (QED) is 0.686. The summed E-state index contributed by atoms with van der Waals surface area (Å²) in [6.07, 6.45) is -3.11. The van der Waals surface area contributed by atoms with Crippen LogP contribution in [-0.4, -0.2) is 51.9 Å². The van der Waals surface area contributed by atoms with Gasteiger partial charge in [0.1, 0.15) is 0 Å². The topological polar surface area (TPSA) is 40.6 Å². The van der Waals surface area contributed by atoms with Crippen molar-refractivity contribution in [1.82, 2.24) is 9.80 Å². The van der Waals surface area contributed by atoms with Crippen LogP contribution in [0.25, 0.3) is 0 Å². The maximum absolute atomic E-state index is 12.9. The number of rotatable bonds is 2. The number of benzene rings is 1. The van der Waals surface area contributed by atoms with Gasteiger partial charge in [0.15, 0.2) is 0 Å². The number of alkyl halides is 3. The Bertz CT molecular complexity index is 889. The van der Waals surface area contributed by atoms with E-state index in [2.05, 4.69) is 0 Å². The highest BCUT2D eigenvalue weighted by atomic mass is 32.2. The minimum atomic E-state index is -4.42. The summed E-state index contributed by atoms with van der Waals surface area (Å²) in [5, 5.41) is 1.88. The molecular weight excluding hydrogens is 421 g/mol. The second-order valence-corrected chi connectivity index (χ2v) is 9.50. The third-order valence-electron chi connectivity index (χ3n) is 5.45. The van der Waals surface area contributed by atoms with Crippen molar-refractivity contribution < 1.29 is 22.8 Å². The van der Waals surface area contributed by atoms with Crippen LogP contribution in [0.1, 0.15) is 38.4 Å². The van der Waals surface area contributed by atoms with Crippen LogP contribution in [0.3, 0.4) is 0 Å². The number of piperidine rings is 1. The number of hydrogen-bond acceptors (Lipinski definition) is 4. The Labute approximate surface area is 174 Å². The Morgan fingerprint density at radius 1 is 0.966 bits per heavy atom. The zero-order valence-corrected chi connectivity index (χ0v) is 17.1. The van der Waals surface area contributed by atoms with Gasteiger partial charge in [-0.3, -0.25) is 9.59 Å². The number of likely N-dealkylation sites (tertiary alicyclic amines) is 1. The molecule has 29 heavy (non-hydrogen) atoms. The van der Waals surface area contributed by atoms with E-state index in [4.69, 9.17) is 0 Å². The Balaban J connectivity index is 1.43. The van der Waals surface area contributed by atoms with E-state index >= 15 is 0 Å². The van der Waals surface area contributed by atoms with Crippen molar-refractivity contribution in [3.63, 3.8) is 0 Å². The fraction of sp³-hybridized carbons (Fsp3) is 0.400. The van der Waals surface area contributed by atoms with Gasteiger partial charge in [-0.05, 0) is 48.6 Å². The van der Waals surface area contributed by atoms with Gasteiger partial charge in [0, 0.05) is 31.0 Å². The summed E-state index contributed by atoms with van der Waals surface area (Å²) >= 11 is 3.19. The second kappa shape index (κ2) is 7.68. The van der Waals surface area contributed by atoms with Crippen LogP contribution >= 0.6 is 23.1 Å². The molecule has 0 atom stereocenters. The highest BCUT2D eigenvalue weighted by Crippen LogP contribution is 2.45. The lowest BCUT2D eigenvalue weighted by molar-refractivity contribution is -0.137. The van der Waals surface area contributed by atoms with E-state index < -0.39 is 11.7 Å². The van der Waals surface area contributed by atoms with E-state index in [0.29, 0.717) is 32.5 Å². The predicted octanol–water partition coefficient (Wildman–Crippen LogP) is 4.59. The van der Waals surface area contributed by atoms with Crippen molar-refractivity contribution in [3.8, 4) is 0 Å². The summed E-state index contributed by atoms with van der Waals surface area (Å²) in [7, 11) is 0. The van der Waals surface area contributed by atoms with Crippen LogP contribution in [0.4, 0.5) is 13.2 Å². The van der Waals surface area contributed by atoms with Gasteiger partial charge in [-0.15, -0.1) is 23.1 Å². The molecule has 2 saturated heterocycles. The van der Waals surface area contributed by atoms with Gasteiger partial charge < -0.3 is 9.80 Å². The number of carbonyl (C=O) groups excluding carboxylic acids is 2. The van der Waals surface area contributed by atoms with Gasteiger partial charge in [-0.25, -0.2) is 0 Å². The summed E-state index contributed by atoms with van der Waals surface area (Å²) in [6, 6.07) is 8.02. The average Bonchev–Trinajstić information content (AvgIpc) is 3.38. The summed E-state index contributed by atoms with van der Waals surface area (Å²) in [5.41, 5.74) is -0.517. The minimum Gasteiger partial charge on any atom is -0.338 e. The lowest BCUT2D eigenvalue weighted by atomic mass is 10.0. The normalized spacial score (nSPS) is 19.0. The van der Waals surface area contributed by atoms with Crippen LogP contribution in [0.15, 0.2) is 41.8 Å². The molecule has 0 radical (unpaired) electrons. The fourth-order valence-corrected chi connectivity index (χ4v) is 6.01. The van der Waals surface area contributed by atoms with E-state index in [-0.39, 0.29) is 22.2 Å². The molecule has 2 aliphatic rings. The van der Waals surface area contributed by atoms with Crippen LogP contribution < -0.4 is 0 Å². The monoisotopic (exact) mass is 440 g/mol. The molecule has 0 unspecified atom stereocenters. The molecule has 0 saturated carbocycles. The molecule has 0 N–H and O–H groups in total. The highest BCUT2D eigenvalue weighted by Gasteiger charge is 2.47. The smallest absolute Gasteiger partial charge is 0.338 e. The number of halogens is 3. The molecule has 9 heteroatoms. The molecule has 1 spiro atoms. The molecule has 0 bridgehead atoms. The third kappa shape index (κ3) is 3.90. The molecule has 1 aromatic carbocycles. The van der Waals surface area contributed by atoms with Crippen molar-refractivity contribution in [2.45, 2.75) is 23.9 Å². The first kappa shape index (κ1) is 20.3. The summed E-state index contributed by atoms with van der Waals surface area (Å²) < 4.78 is 38.2. The van der Waals surface area contributed by atoms with E-state index in [0.717, 1.165) is 22.8 Å². The molecule has 2 aliphatic heterocycles. The van der Waals surface area contributed by atoms with Crippen LogP contribution in [-0.2, 0) is 6.18 Å². The molecule has 2 amide bonds. The Morgan fingerprint density at radius 2 is 1.66 bits per heavy atom. The van der Waals surface area contributed by atoms with E-state index in [1.807, 2.05) is 22.4 Å². The molecule has 2 fully saturated rings. The van der Waals surface area contributed by atoms with Crippen molar-refractivity contribution in [2.24, 2.45) is 0 Å². The largest absolute Gasteiger partial charge is 0.416 e. The minimum absolute atomic E-state index is 0.0347. The zero-order valence-electron chi connectivity index (χ0n) is 15.4. The molecule has 1 aromatic heterocycles. The molecular formula is C20H19F3N2O2S2. The van der Waals surface area contributed by atoms with Crippen LogP contribution in [0.2, 0.25) is 0 Å². The Kier molecular flexibility index (Phi) is 5.37. The molecule has 3 heterocycles. The Morgan fingerprint density at radius 3 is 2.24 bits per heavy atom. The molecule has 4 rings (SSSR count). The zero-order chi connectivity index (χ0) is 20.6. The van der Waals surface area contributed by atoms with Gasteiger partial charge >= 0.3 is 6.18 Å². The molecule has 154 valence electrons. The van der Waals surface area contributed by atoms with Crippen molar-refractivity contribution in [1.29, 1.82) is 0 Å². The number of carbonyl (C=O) groups is 2. The van der Waals surface area contributed by atoms with Crippen molar-refractivity contribution in [3.05, 3.63) is 57.8 Å². The fourth-order valence-electron chi connectivity index (χ4n) is 3.89. The van der Waals surface area contributed by atoms with Crippen LogP contribution in [0, 0.1) is 0 Å². The average molecular weight is 441 g/mol. The first-order valence-corrected chi connectivity index (χ1v) is 11.1. The van der Waals surface area contributed by atoms with Gasteiger partial charge in [0.2, 0.25) is 0 Å². The number of amides is 2. The highest BCUT2D eigenvalue weighted by molar-refractivity contribution is 8.00. The molecule has 2 aromatic rings. The summed E-state index contributed by atoms with van der Waals surface area (Å²) in [5.74, 6) is 0.629. The summed E-state index contributed by atoms with van der Waals surface area (Å²) in [6.45, 7) is 1.64. The number of thioether (sulfide) groups is 1. The standard InChI is InChI=1S/C20H19F3N2O2S2/c21-20(22,23)15-5-3-14(4-6-15)17(26)24-9-7-19(8-10-24)25(11-13-29-19)18(27)16-2-1-12-28-16/h1-6,12H,7-11,13H2. The van der Waals surface area contributed by atoms with E-state index in [9.17, 15) is 22.8 Å². The van der Waals surface area contributed by atoms with Gasteiger partial charge in [-0.1, -0.05) is 6.07 Å². The second-order valence-electron chi connectivity index (χ2n) is 7.10. The maximum atomic E-state index is 12.9. The lowest BCUT2D eigenvalue weighted by Crippen LogP contribution is -2.53. The number of nitrogens with zero attached hydrogens (tertiary/aromatic N) is 2. The van der Waals surface area contributed by atoms with Crippen molar-refractivity contribution >= 4 is 34.9 Å². The predicted molar refractivity (Wildman–Crippen MR) is 107 cm³/mol.